The van der Waals surface area contributed by atoms with Gasteiger partial charge in [0.1, 0.15) is 6.29 Å². The Morgan fingerprint density at radius 2 is 1.88 bits per heavy atom. The summed E-state index contributed by atoms with van der Waals surface area (Å²) in [5.41, 5.74) is 0. The van der Waals surface area contributed by atoms with Gasteiger partial charge in [-0.2, -0.15) is 0 Å². The molecule has 0 rings (SSSR count). The van der Waals surface area contributed by atoms with E-state index in [2.05, 4.69) is 24.5 Å². The van der Waals surface area contributed by atoms with Gasteiger partial charge in [0.25, 0.3) is 0 Å². The average Bonchev–Trinajstić information content (AvgIpc) is 2.25. The van der Waals surface area contributed by atoms with Gasteiger partial charge >= 0.3 is 0 Å². The summed E-state index contributed by atoms with van der Waals surface area (Å²) in [5, 5.41) is 5.43. The predicted octanol–water partition coefficient (Wildman–Crippen LogP) is 2.09. The third-order valence-corrected chi connectivity index (χ3v) is 1.73. The van der Waals surface area contributed by atoms with Gasteiger partial charge in [0.15, 0.2) is 0 Å². The maximum Gasteiger partial charge on any atom is 0.237 e. The smallest absolute Gasteiger partial charge is 0.237 e. The van der Waals surface area contributed by atoms with E-state index in [-0.39, 0.29) is 28.8 Å². The van der Waals surface area contributed by atoms with Crippen LogP contribution in [0.3, 0.4) is 0 Å². The number of rotatable bonds is 6. The fourth-order valence-electron chi connectivity index (χ4n) is 1.09. The van der Waals surface area contributed by atoms with Crippen molar-refractivity contribution in [3.05, 3.63) is 0 Å². The third-order valence-electron chi connectivity index (χ3n) is 1.73. The van der Waals surface area contributed by atoms with E-state index in [1.165, 1.54) is 0 Å². The Morgan fingerprint density at radius 1 is 1.38 bits per heavy atom. The molecule has 1 amide bonds. The lowest BCUT2D eigenvalue weighted by Gasteiger charge is -2.16. The predicted molar refractivity (Wildman–Crippen MR) is 73.7 cm³/mol. The molecule has 2 N–H and O–H groups in total. The first-order chi connectivity index (χ1) is 7.11. The van der Waals surface area contributed by atoms with Crippen molar-refractivity contribution in [3.8, 4) is 0 Å². The molecule has 0 bridgehead atoms. The first-order valence-electron chi connectivity index (χ1n) is 5.50. The fraction of sp³-hybridized carbons (Fsp3) is 0.833. The Balaban J connectivity index is -0.000000107. The quantitative estimate of drug-likeness (QED) is 0.694. The molecule has 0 radical (unpaired) electrons. The molecule has 0 aromatic heterocycles. The van der Waals surface area contributed by atoms with Crippen LogP contribution in [0.15, 0.2) is 0 Å². The summed E-state index contributed by atoms with van der Waals surface area (Å²) in [4.78, 5) is 21.3. The molecule has 4 heteroatoms. The lowest BCUT2D eigenvalue weighted by Crippen LogP contribution is -2.43. The molecular formula is C12H32N2O2. The summed E-state index contributed by atoms with van der Waals surface area (Å²) >= 11 is 0. The van der Waals surface area contributed by atoms with Gasteiger partial charge in [-0.25, -0.2) is 0 Å². The molecule has 0 unspecified atom stereocenters. The third kappa shape index (κ3) is 11.2. The van der Waals surface area contributed by atoms with E-state index < -0.39 is 0 Å². The molecule has 0 spiro atoms. The number of aldehydes is 1. The van der Waals surface area contributed by atoms with Gasteiger partial charge in [-0.1, -0.05) is 35.1 Å². The van der Waals surface area contributed by atoms with Crippen molar-refractivity contribution < 1.29 is 12.4 Å². The number of likely N-dealkylation sites (N-methyl/N-ethyl adjacent to an activating group) is 1. The van der Waals surface area contributed by atoms with Crippen molar-refractivity contribution in [1.82, 2.24) is 10.6 Å². The van der Waals surface area contributed by atoms with Gasteiger partial charge in [0.2, 0.25) is 5.91 Å². The number of carbonyl (C=O) groups is 2. The summed E-state index contributed by atoms with van der Waals surface area (Å²) < 4.78 is 0. The van der Waals surface area contributed by atoms with Gasteiger partial charge in [-0.05, 0) is 19.4 Å². The van der Waals surface area contributed by atoms with Gasteiger partial charge in [-0.15, -0.1) is 0 Å². The highest BCUT2D eigenvalue weighted by molar-refractivity contribution is 5.83. The van der Waals surface area contributed by atoms with Crippen molar-refractivity contribution in [2.24, 2.45) is 5.92 Å². The second kappa shape index (κ2) is 14.1. The molecule has 102 valence electrons. The second-order valence-electron chi connectivity index (χ2n) is 3.38. The van der Waals surface area contributed by atoms with Gasteiger partial charge in [-0.3, -0.25) is 4.79 Å². The fourth-order valence-corrected chi connectivity index (χ4v) is 1.09. The molecule has 4 nitrogen and oxygen atoms in total. The van der Waals surface area contributed by atoms with Crippen molar-refractivity contribution >= 4 is 12.2 Å². The maximum absolute atomic E-state index is 11.3. The highest BCUT2D eigenvalue weighted by atomic mass is 16.2. The number of nitrogens with one attached hydrogen (secondary N) is 2. The van der Waals surface area contributed by atoms with Gasteiger partial charge in [0, 0.05) is 2.85 Å². The second-order valence-corrected chi connectivity index (χ2v) is 3.38. The Bertz CT molecular complexity index is 179. The summed E-state index contributed by atoms with van der Waals surface area (Å²) in [6.45, 7) is 8.20. The molecule has 0 aromatic rings. The minimum atomic E-state index is -0.194. The standard InChI is InChI=1S/C9H18N2O2.C2H6.CH4.2H2/c1-7(2)6-8(10-3)9(13)11-4-5-12;1-2;;;/h5,7-8,10H,4,6H2,1-3H3,(H,11,13);1-2H3;1H4;2*1H/t8-;;;;/m0..../s1. The van der Waals surface area contributed by atoms with Crippen LogP contribution >= 0.6 is 0 Å². The van der Waals surface area contributed by atoms with E-state index in [0.717, 1.165) is 6.42 Å². The highest BCUT2D eigenvalue weighted by Gasteiger charge is 2.16. The van der Waals surface area contributed by atoms with Crippen molar-refractivity contribution in [2.45, 2.75) is 47.6 Å². The molecule has 0 saturated carbocycles. The summed E-state index contributed by atoms with van der Waals surface area (Å²) in [6.07, 6.45) is 1.46. The van der Waals surface area contributed by atoms with Crippen LogP contribution in [0.5, 0.6) is 0 Å². The molecule has 0 heterocycles. The maximum atomic E-state index is 11.3. The zero-order valence-corrected chi connectivity index (χ0v) is 10.5. The van der Waals surface area contributed by atoms with Crippen LogP contribution in [-0.4, -0.2) is 31.8 Å². The van der Waals surface area contributed by atoms with Crippen LogP contribution in [0.4, 0.5) is 0 Å². The van der Waals surface area contributed by atoms with E-state index in [4.69, 9.17) is 0 Å². The van der Waals surface area contributed by atoms with Crippen LogP contribution in [-0.2, 0) is 9.59 Å². The van der Waals surface area contributed by atoms with Crippen molar-refractivity contribution in [1.29, 1.82) is 0 Å². The van der Waals surface area contributed by atoms with Crippen LogP contribution in [0, 0.1) is 5.92 Å². The summed E-state index contributed by atoms with van der Waals surface area (Å²) in [5.74, 6) is 0.350. The summed E-state index contributed by atoms with van der Waals surface area (Å²) in [7, 11) is 1.74. The normalized spacial score (nSPS) is 10.6. The number of amides is 1. The molecule has 0 aliphatic heterocycles. The zero-order chi connectivity index (χ0) is 12.3. The Morgan fingerprint density at radius 3 is 2.19 bits per heavy atom. The Kier molecular flexibility index (Phi) is 18.1. The van der Waals surface area contributed by atoms with E-state index in [1.807, 2.05) is 13.8 Å². The van der Waals surface area contributed by atoms with Crippen LogP contribution in [0.25, 0.3) is 0 Å². The van der Waals surface area contributed by atoms with Crippen LogP contribution in [0.2, 0.25) is 0 Å². The molecule has 0 aromatic carbocycles. The largest absolute Gasteiger partial charge is 0.348 e. The topological polar surface area (TPSA) is 58.2 Å². The van der Waals surface area contributed by atoms with Crippen molar-refractivity contribution in [3.63, 3.8) is 0 Å². The molecule has 0 saturated heterocycles. The van der Waals surface area contributed by atoms with Crippen molar-refractivity contribution in [2.75, 3.05) is 13.6 Å². The SMILES string of the molecule is C.CC.CN[C@@H](CC(C)C)C(=O)NCC=O.[HH].[HH]. The van der Waals surface area contributed by atoms with E-state index in [1.54, 1.807) is 7.05 Å². The first-order valence-corrected chi connectivity index (χ1v) is 5.50. The average molecular weight is 236 g/mol. The highest BCUT2D eigenvalue weighted by Crippen LogP contribution is 2.03. The monoisotopic (exact) mass is 236 g/mol. The lowest BCUT2D eigenvalue weighted by molar-refractivity contribution is -0.124. The Labute approximate surface area is 103 Å². The number of hydrogen-bond acceptors (Lipinski definition) is 3. The minimum Gasteiger partial charge on any atom is -0.348 e. The van der Waals surface area contributed by atoms with E-state index in [0.29, 0.717) is 12.2 Å². The van der Waals surface area contributed by atoms with Gasteiger partial charge in [0.05, 0.1) is 12.6 Å². The molecule has 16 heavy (non-hydrogen) atoms. The Hall–Kier alpha value is -0.900. The molecule has 0 fully saturated rings. The molecule has 1 atom stereocenters. The number of hydrogen-bond donors (Lipinski definition) is 2. The molecular weight excluding hydrogens is 204 g/mol. The van der Waals surface area contributed by atoms with Crippen LogP contribution in [0.1, 0.15) is 44.4 Å². The molecule has 0 aliphatic rings. The van der Waals surface area contributed by atoms with E-state index >= 15 is 0 Å². The van der Waals surface area contributed by atoms with E-state index in [9.17, 15) is 9.59 Å². The summed E-state index contributed by atoms with van der Waals surface area (Å²) in [6, 6.07) is -0.194. The zero-order valence-electron chi connectivity index (χ0n) is 10.5. The van der Waals surface area contributed by atoms with Crippen LogP contribution < -0.4 is 10.6 Å². The number of carbonyl (C=O) groups excluding carboxylic acids is 2. The lowest BCUT2D eigenvalue weighted by atomic mass is 10.0. The first kappa shape index (κ1) is 20.5. The van der Waals surface area contributed by atoms with Gasteiger partial charge < -0.3 is 15.4 Å². The molecule has 0 aliphatic carbocycles. The minimum absolute atomic E-state index is 0.